The molecule has 0 aromatic heterocycles. The van der Waals surface area contributed by atoms with Gasteiger partial charge in [-0.25, -0.2) is 0 Å². The molecule has 19 heavy (non-hydrogen) atoms. The van der Waals surface area contributed by atoms with Crippen molar-refractivity contribution >= 4 is 5.69 Å². The summed E-state index contributed by atoms with van der Waals surface area (Å²) in [7, 11) is 0. The fourth-order valence-electron chi connectivity index (χ4n) is 3.56. The zero-order valence-electron chi connectivity index (χ0n) is 12.1. The van der Waals surface area contributed by atoms with Gasteiger partial charge in [-0.3, -0.25) is 0 Å². The van der Waals surface area contributed by atoms with E-state index in [-0.39, 0.29) is 0 Å². The molecular formula is C17H26N2. The molecule has 0 radical (unpaired) electrons. The number of hydrogen-bond donors (Lipinski definition) is 1. The van der Waals surface area contributed by atoms with Crippen LogP contribution in [-0.2, 0) is 0 Å². The number of hydrogen-bond acceptors (Lipinski definition) is 2. The predicted molar refractivity (Wildman–Crippen MR) is 81.9 cm³/mol. The van der Waals surface area contributed by atoms with Gasteiger partial charge in [0, 0.05) is 31.4 Å². The van der Waals surface area contributed by atoms with Crippen molar-refractivity contribution in [3.63, 3.8) is 0 Å². The SMILES string of the molecule is C[C@@H]1CN(c2ccc(C3CCCCC3)cc2)CCN1. The lowest BCUT2D eigenvalue weighted by Gasteiger charge is -2.34. The quantitative estimate of drug-likeness (QED) is 0.873. The smallest absolute Gasteiger partial charge is 0.0367 e. The number of nitrogens with one attached hydrogen (secondary N) is 1. The molecule has 1 aliphatic carbocycles. The summed E-state index contributed by atoms with van der Waals surface area (Å²) in [5, 5.41) is 3.50. The van der Waals surface area contributed by atoms with Crippen molar-refractivity contribution < 1.29 is 0 Å². The molecule has 0 bridgehead atoms. The van der Waals surface area contributed by atoms with Gasteiger partial charge in [0.15, 0.2) is 0 Å². The van der Waals surface area contributed by atoms with Crippen LogP contribution in [0.1, 0.15) is 50.5 Å². The highest BCUT2D eigenvalue weighted by Gasteiger charge is 2.18. The van der Waals surface area contributed by atoms with E-state index in [1.165, 1.54) is 37.8 Å². The molecule has 104 valence electrons. The minimum atomic E-state index is 0.603. The molecule has 1 aromatic rings. The van der Waals surface area contributed by atoms with Gasteiger partial charge in [0.1, 0.15) is 0 Å². The third-order valence-electron chi connectivity index (χ3n) is 4.70. The molecule has 1 atom stereocenters. The number of nitrogens with zero attached hydrogens (tertiary/aromatic N) is 1. The molecule has 2 aliphatic rings. The number of benzene rings is 1. The fraction of sp³-hybridized carbons (Fsp3) is 0.647. The van der Waals surface area contributed by atoms with Crippen LogP contribution in [0, 0.1) is 0 Å². The lowest BCUT2D eigenvalue weighted by molar-refractivity contribution is 0.443. The fourth-order valence-corrected chi connectivity index (χ4v) is 3.56. The van der Waals surface area contributed by atoms with Gasteiger partial charge in [-0.1, -0.05) is 31.4 Å². The summed E-state index contributed by atoms with van der Waals surface area (Å²) < 4.78 is 0. The van der Waals surface area contributed by atoms with Gasteiger partial charge in [-0.05, 0) is 43.4 Å². The first-order valence-electron chi connectivity index (χ1n) is 7.91. The number of rotatable bonds is 2. The van der Waals surface area contributed by atoms with Gasteiger partial charge in [0.05, 0.1) is 0 Å². The van der Waals surface area contributed by atoms with Crippen molar-refractivity contribution in [2.75, 3.05) is 24.5 Å². The van der Waals surface area contributed by atoms with Crippen LogP contribution < -0.4 is 10.2 Å². The van der Waals surface area contributed by atoms with Crippen molar-refractivity contribution in [1.82, 2.24) is 5.32 Å². The lowest BCUT2D eigenvalue weighted by atomic mass is 9.84. The van der Waals surface area contributed by atoms with E-state index in [9.17, 15) is 0 Å². The van der Waals surface area contributed by atoms with Crippen LogP contribution in [0.25, 0.3) is 0 Å². The Kier molecular flexibility index (Phi) is 4.07. The number of anilines is 1. The molecule has 3 rings (SSSR count). The van der Waals surface area contributed by atoms with E-state index in [4.69, 9.17) is 0 Å². The third-order valence-corrected chi connectivity index (χ3v) is 4.70. The van der Waals surface area contributed by atoms with Gasteiger partial charge in [0.25, 0.3) is 0 Å². The second kappa shape index (κ2) is 5.96. The van der Waals surface area contributed by atoms with Crippen LogP contribution in [0.5, 0.6) is 0 Å². The average molecular weight is 258 g/mol. The van der Waals surface area contributed by atoms with Gasteiger partial charge >= 0.3 is 0 Å². The van der Waals surface area contributed by atoms with Crippen LogP contribution >= 0.6 is 0 Å². The Morgan fingerprint density at radius 3 is 2.47 bits per heavy atom. The standard InChI is InChI=1S/C17H26N2/c1-14-13-19(12-11-18-14)17-9-7-16(8-10-17)15-5-3-2-4-6-15/h7-10,14-15,18H,2-6,11-13H2,1H3/t14-/m1/s1. The van der Waals surface area contributed by atoms with Crippen LogP contribution in [0.4, 0.5) is 5.69 Å². The Bertz CT molecular complexity index is 392. The highest BCUT2D eigenvalue weighted by Crippen LogP contribution is 2.33. The van der Waals surface area contributed by atoms with Crippen molar-refractivity contribution in [1.29, 1.82) is 0 Å². The first-order valence-corrected chi connectivity index (χ1v) is 7.91. The molecule has 0 unspecified atom stereocenters. The molecule has 1 aliphatic heterocycles. The summed E-state index contributed by atoms with van der Waals surface area (Å²) in [6.45, 7) is 5.63. The predicted octanol–water partition coefficient (Wildman–Crippen LogP) is 3.53. The molecule has 1 aromatic carbocycles. The molecule has 0 spiro atoms. The zero-order chi connectivity index (χ0) is 13.1. The normalized spacial score (nSPS) is 25.5. The first-order chi connectivity index (χ1) is 9.33. The second-order valence-electron chi connectivity index (χ2n) is 6.23. The summed E-state index contributed by atoms with van der Waals surface area (Å²) in [6, 6.07) is 10.0. The Morgan fingerprint density at radius 2 is 1.79 bits per heavy atom. The molecule has 1 saturated heterocycles. The third kappa shape index (κ3) is 3.11. The topological polar surface area (TPSA) is 15.3 Å². The molecule has 2 fully saturated rings. The summed E-state index contributed by atoms with van der Waals surface area (Å²) in [5.74, 6) is 0.824. The van der Waals surface area contributed by atoms with E-state index < -0.39 is 0 Å². The van der Waals surface area contributed by atoms with Crippen LogP contribution in [0.15, 0.2) is 24.3 Å². The Morgan fingerprint density at radius 1 is 1.05 bits per heavy atom. The molecule has 1 heterocycles. The van der Waals surface area contributed by atoms with Crippen molar-refractivity contribution in [3.05, 3.63) is 29.8 Å². The lowest BCUT2D eigenvalue weighted by Crippen LogP contribution is -2.49. The summed E-state index contributed by atoms with van der Waals surface area (Å²) in [6.07, 6.45) is 7.06. The van der Waals surface area contributed by atoms with Crippen molar-refractivity contribution in [2.24, 2.45) is 0 Å². The Balaban J connectivity index is 1.67. The minimum Gasteiger partial charge on any atom is -0.369 e. The first kappa shape index (κ1) is 13.0. The average Bonchev–Trinajstić information content (AvgIpc) is 2.48. The molecule has 0 amide bonds. The van der Waals surface area contributed by atoms with Gasteiger partial charge < -0.3 is 10.2 Å². The Labute approximate surface area is 117 Å². The molecule has 1 saturated carbocycles. The number of piperazine rings is 1. The maximum Gasteiger partial charge on any atom is 0.0367 e. The van der Waals surface area contributed by atoms with E-state index in [1.807, 2.05) is 0 Å². The van der Waals surface area contributed by atoms with Crippen molar-refractivity contribution in [3.8, 4) is 0 Å². The van der Waals surface area contributed by atoms with Crippen molar-refractivity contribution in [2.45, 2.75) is 51.0 Å². The summed E-state index contributed by atoms with van der Waals surface area (Å²) >= 11 is 0. The maximum absolute atomic E-state index is 3.50. The molecule has 1 N–H and O–H groups in total. The molecular weight excluding hydrogens is 232 g/mol. The second-order valence-corrected chi connectivity index (χ2v) is 6.23. The van der Waals surface area contributed by atoms with Crippen LogP contribution in [0.2, 0.25) is 0 Å². The monoisotopic (exact) mass is 258 g/mol. The van der Waals surface area contributed by atoms with Gasteiger partial charge in [-0.2, -0.15) is 0 Å². The van der Waals surface area contributed by atoms with Crippen LogP contribution in [-0.4, -0.2) is 25.7 Å². The highest BCUT2D eigenvalue weighted by molar-refractivity contribution is 5.48. The van der Waals surface area contributed by atoms with Crippen LogP contribution in [0.3, 0.4) is 0 Å². The largest absolute Gasteiger partial charge is 0.369 e. The highest BCUT2D eigenvalue weighted by atomic mass is 15.2. The summed E-state index contributed by atoms with van der Waals surface area (Å²) in [4.78, 5) is 2.51. The van der Waals surface area contributed by atoms with E-state index in [0.717, 1.165) is 25.6 Å². The van der Waals surface area contributed by atoms with E-state index in [2.05, 4.69) is 41.4 Å². The zero-order valence-corrected chi connectivity index (χ0v) is 12.1. The van der Waals surface area contributed by atoms with Gasteiger partial charge in [0.2, 0.25) is 0 Å². The van der Waals surface area contributed by atoms with E-state index in [0.29, 0.717) is 6.04 Å². The minimum absolute atomic E-state index is 0.603. The van der Waals surface area contributed by atoms with E-state index in [1.54, 1.807) is 5.56 Å². The maximum atomic E-state index is 3.50. The molecule has 2 heteroatoms. The van der Waals surface area contributed by atoms with Gasteiger partial charge in [-0.15, -0.1) is 0 Å². The summed E-state index contributed by atoms with van der Waals surface area (Å²) in [5.41, 5.74) is 2.96. The Hall–Kier alpha value is -1.02. The van der Waals surface area contributed by atoms with E-state index >= 15 is 0 Å². The molecule has 2 nitrogen and oxygen atoms in total.